The van der Waals surface area contributed by atoms with Gasteiger partial charge in [0.15, 0.2) is 18.1 Å². The molecule has 2 aromatic rings. The van der Waals surface area contributed by atoms with Crippen LogP contribution in [-0.4, -0.2) is 44.1 Å². The number of hydrogen-bond donors (Lipinski definition) is 1. The minimum absolute atomic E-state index is 0.135. The summed E-state index contributed by atoms with van der Waals surface area (Å²) in [5.41, 5.74) is 0.0460. The monoisotopic (exact) mass is 398 g/mol. The first-order valence-electron chi connectivity index (χ1n) is 8.93. The molecule has 0 radical (unpaired) electrons. The molecule has 0 aliphatic carbocycles. The van der Waals surface area contributed by atoms with Gasteiger partial charge in [0.2, 0.25) is 5.91 Å². The van der Waals surface area contributed by atoms with Crippen LogP contribution in [0.1, 0.15) is 24.2 Å². The lowest BCUT2D eigenvalue weighted by molar-refractivity contribution is -0.128. The maximum absolute atomic E-state index is 12.9. The molecule has 0 aromatic heterocycles. The van der Waals surface area contributed by atoms with Crippen molar-refractivity contribution >= 4 is 29.2 Å². The Morgan fingerprint density at radius 2 is 1.76 bits per heavy atom. The van der Waals surface area contributed by atoms with Crippen molar-refractivity contribution in [1.82, 2.24) is 0 Å². The van der Waals surface area contributed by atoms with Crippen molar-refractivity contribution in [1.29, 1.82) is 0 Å². The van der Waals surface area contributed by atoms with Gasteiger partial charge in [-0.3, -0.25) is 14.5 Å². The highest BCUT2D eigenvalue weighted by molar-refractivity contribution is 6.14. The van der Waals surface area contributed by atoms with E-state index in [1.54, 1.807) is 50.2 Å². The number of fused-ring (bicyclic) bond motifs is 1. The zero-order chi connectivity index (χ0) is 21.2. The summed E-state index contributed by atoms with van der Waals surface area (Å²) in [6.07, 6.45) is 0. The van der Waals surface area contributed by atoms with Gasteiger partial charge < -0.3 is 19.5 Å². The van der Waals surface area contributed by atoms with E-state index in [9.17, 15) is 14.4 Å². The quantitative estimate of drug-likeness (QED) is 0.778. The third kappa shape index (κ3) is 3.61. The second-order valence-corrected chi connectivity index (χ2v) is 6.88. The third-order valence-electron chi connectivity index (χ3n) is 4.71. The van der Waals surface area contributed by atoms with Crippen molar-refractivity contribution in [3.05, 3.63) is 48.0 Å². The number of nitrogens with zero attached hydrogens (tertiary/aromatic N) is 1. The van der Waals surface area contributed by atoms with Crippen LogP contribution in [0.15, 0.2) is 42.5 Å². The predicted molar refractivity (Wildman–Crippen MR) is 106 cm³/mol. The van der Waals surface area contributed by atoms with Gasteiger partial charge in [0.05, 0.1) is 25.6 Å². The Morgan fingerprint density at radius 3 is 2.45 bits per heavy atom. The van der Waals surface area contributed by atoms with Gasteiger partial charge in [-0.25, -0.2) is 4.79 Å². The average Bonchev–Trinajstić information content (AvgIpc) is 2.71. The van der Waals surface area contributed by atoms with Gasteiger partial charge in [-0.15, -0.1) is 0 Å². The molecule has 8 nitrogen and oxygen atoms in total. The van der Waals surface area contributed by atoms with Crippen molar-refractivity contribution in [3.63, 3.8) is 0 Å². The number of carbonyl (C=O) groups is 3. The molecule has 2 amide bonds. The number of benzene rings is 2. The second kappa shape index (κ2) is 7.83. The van der Waals surface area contributed by atoms with E-state index >= 15 is 0 Å². The van der Waals surface area contributed by atoms with Crippen LogP contribution in [-0.2, 0) is 14.3 Å². The molecule has 152 valence electrons. The lowest BCUT2D eigenvalue weighted by Crippen LogP contribution is -2.59. The Hall–Kier alpha value is -3.55. The molecule has 2 aromatic carbocycles. The van der Waals surface area contributed by atoms with E-state index in [0.717, 1.165) is 0 Å². The number of ether oxygens (including phenoxy) is 3. The summed E-state index contributed by atoms with van der Waals surface area (Å²) in [6, 6.07) is 11.7. The summed E-state index contributed by atoms with van der Waals surface area (Å²) in [5, 5.41) is 2.78. The van der Waals surface area contributed by atoms with Crippen LogP contribution in [0.3, 0.4) is 0 Å². The molecule has 8 heteroatoms. The Balaban J connectivity index is 1.82. The molecule has 1 heterocycles. The molecule has 0 unspecified atom stereocenters. The van der Waals surface area contributed by atoms with Crippen molar-refractivity contribution in [2.24, 2.45) is 0 Å². The van der Waals surface area contributed by atoms with Crippen molar-refractivity contribution < 1.29 is 28.6 Å². The van der Waals surface area contributed by atoms with Gasteiger partial charge in [-0.1, -0.05) is 18.2 Å². The summed E-state index contributed by atoms with van der Waals surface area (Å²) in [7, 11) is 2.86. The Bertz CT molecular complexity index is 969. The van der Waals surface area contributed by atoms with Gasteiger partial charge in [-0.05, 0) is 38.1 Å². The lowest BCUT2D eigenvalue weighted by atomic mass is 9.96. The van der Waals surface area contributed by atoms with Gasteiger partial charge >= 0.3 is 5.97 Å². The minimum atomic E-state index is -1.15. The van der Waals surface area contributed by atoms with E-state index in [2.05, 4.69) is 5.32 Å². The summed E-state index contributed by atoms with van der Waals surface area (Å²) in [5.74, 6) is -0.994. The number of methoxy groups -OCH3 is 2. The number of anilines is 2. The minimum Gasteiger partial charge on any atom is -0.493 e. The first kappa shape index (κ1) is 20.2. The fraction of sp³-hybridized carbons (Fsp3) is 0.286. The standard InChI is InChI=1S/C21H22N2O6/c1-21(2)20(26)22-14-9-5-6-10-15(14)23(21)17(24)12-29-19(25)13-8-7-11-16(27-3)18(13)28-4/h5-11H,12H2,1-4H3,(H,22,26). The van der Waals surface area contributed by atoms with Crippen LogP contribution in [0.2, 0.25) is 0 Å². The smallest absolute Gasteiger partial charge is 0.342 e. The number of carbonyl (C=O) groups excluding carboxylic acids is 3. The Labute approximate surface area is 168 Å². The van der Waals surface area contributed by atoms with E-state index in [-0.39, 0.29) is 17.2 Å². The SMILES string of the molecule is COc1cccc(C(=O)OCC(=O)N2c3ccccc3NC(=O)C2(C)C)c1OC. The van der Waals surface area contributed by atoms with Gasteiger partial charge in [0.1, 0.15) is 11.1 Å². The Kier molecular flexibility index (Phi) is 5.45. The molecular weight excluding hydrogens is 376 g/mol. The van der Waals surface area contributed by atoms with Crippen molar-refractivity contribution in [3.8, 4) is 11.5 Å². The third-order valence-corrected chi connectivity index (χ3v) is 4.71. The van der Waals surface area contributed by atoms with Crippen LogP contribution in [0.4, 0.5) is 11.4 Å². The molecule has 3 rings (SSSR count). The maximum Gasteiger partial charge on any atom is 0.342 e. The number of rotatable bonds is 5. The normalized spacial score (nSPS) is 14.5. The van der Waals surface area contributed by atoms with Crippen LogP contribution < -0.4 is 19.7 Å². The first-order chi connectivity index (χ1) is 13.8. The van der Waals surface area contributed by atoms with E-state index in [0.29, 0.717) is 17.1 Å². The zero-order valence-electron chi connectivity index (χ0n) is 16.6. The fourth-order valence-corrected chi connectivity index (χ4v) is 3.22. The number of nitrogens with one attached hydrogen (secondary N) is 1. The number of para-hydroxylation sites is 3. The average molecular weight is 398 g/mol. The van der Waals surface area contributed by atoms with Gasteiger partial charge in [-0.2, -0.15) is 0 Å². The highest BCUT2D eigenvalue weighted by atomic mass is 16.5. The number of esters is 1. The second-order valence-electron chi connectivity index (χ2n) is 6.88. The van der Waals surface area contributed by atoms with Crippen LogP contribution in [0, 0.1) is 0 Å². The molecule has 0 atom stereocenters. The topological polar surface area (TPSA) is 94.2 Å². The van der Waals surface area contributed by atoms with Crippen LogP contribution >= 0.6 is 0 Å². The molecule has 0 fully saturated rings. The van der Waals surface area contributed by atoms with Gasteiger partial charge in [0, 0.05) is 0 Å². The lowest BCUT2D eigenvalue weighted by Gasteiger charge is -2.41. The maximum atomic E-state index is 12.9. The molecular formula is C21H22N2O6. The molecule has 1 aliphatic rings. The molecule has 0 spiro atoms. The van der Waals surface area contributed by atoms with E-state index in [4.69, 9.17) is 14.2 Å². The first-order valence-corrected chi connectivity index (χ1v) is 8.93. The summed E-state index contributed by atoms with van der Waals surface area (Å²) in [6.45, 7) is 2.72. The molecule has 0 saturated heterocycles. The highest BCUT2D eigenvalue weighted by Gasteiger charge is 2.43. The summed E-state index contributed by atoms with van der Waals surface area (Å²) in [4.78, 5) is 39.3. The number of amides is 2. The van der Waals surface area contributed by atoms with Crippen LogP contribution in [0.25, 0.3) is 0 Å². The Morgan fingerprint density at radius 1 is 1.03 bits per heavy atom. The van der Waals surface area contributed by atoms with E-state index in [1.807, 2.05) is 0 Å². The van der Waals surface area contributed by atoms with Crippen LogP contribution in [0.5, 0.6) is 11.5 Å². The molecule has 0 bridgehead atoms. The largest absolute Gasteiger partial charge is 0.493 e. The zero-order valence-corrected chi connectivity index (χ0v) is 16.6. The van der Waals surface area contributed by atoms with Crippen molar-refractivity contribution in [2.75, 3.05) is 31.0 Å². The predicted octanol–water partition coefficient (Wildman–Crippen LogP) is 2.62. The molecule has 0 saturated carbocycles. The van der Waals surface area contributed by atoms with Crippen molar-refractivity contribution in [2.45, 2.75) is 19.4 Å². The van der Waals surface area contributed by atoms with E-state index in [1.165, 1.54) is 25.2 Å². The number of hydrogen-bond acceptors (Lipinski definition) is 6. The highest BCUT2D eigenvalue weighted by Crippen LogP contribution is 2.37. The van der Waals surface area contributed by atoms with E-state index < -0.39 is 24.0 Å². The summed E-state index contributed by atoms with van der Waals surface area (Å²) >= 11 is 0. The van der Waals surface area contributed by atoms with Gasteiger partial charge in [0.25, 0.3) is 5.91 Å². The summed E-state index contributed by atoms with van der Waals surface area (Å²) < 4.78 is 15.6. The molecule has 1 N–H and O–H groups in total. The molecule has 1 aliphatic heterocycles. The molecule has 29 heavy (non-hydrogen) atoms. The fourth-order valence-electron chi connectivity index (χ4n) is 3.22.